The van der Waals surface area contributed by atoms with Crippen LogP contribution in [0.1, 0.15) is 45.4 Å². The monoisotopic (exact) mass is 346 g/mol. The van der Waals surface area contributed by atoms with Crippen molar-refractivity contribution in [1.82, 2.24) is 20.0 Å². The number of hydrogen-bond acceptors (Lipinski definition) is 4. The van der Waals surface area contributed by atoms with Crippen LogP contribution in [0, 0.1) is 0 Å². The number of thiophene rings is 1. The van der Waals surface area contributed by atoms with Crippen LogP contribution in [0.5, 0.6) is 0 Å². The van der Waals surface area contributed by atoms with Gasteiger partial charge in [-0.25, -0.2) is 0 Å². The molecule has 0 bridgehead atoms. The molecular weight excluding hydrogens is 324 g/mol. The van der Waals surface area contributed by atoms with E-state index in [9.17, 15) is 9.59 Å². The maximum atomic E-state index is 12.6. The molecule has 2 aromatic heterocycles. The Morgan fingerprint density at radius 2 is 2.25 bits per heavy atom. The number of carbonyl (C=O) groups is 2. The summed E-state index contributed by atoms with van der Waals surface area (Å²) in [6, 6.07) is 3.93. The molecule has 2 amide bonds. The normalized spacial score (nSPS) is 17.2. The lowest BCUT2D eigenvalue weighted by molar-refractivity contribution is -0.132. The number of amides is 2. The molecule has 1 aliphatic heterocycles. The molecule has 7 heteroatoms. The van der Waals surface area contributed by atoms with Crippen LogP contribution < -0.4 is 5.32 Å². The SMILES string of the molecule is CNC(=O)c1ccc([C@H]2CCCN2C(=O)CCc2cnn(C)c2)s1. The molecule has 1 N–H and O–H groups in total. The predicted octanol–water partition coefficient (Wildman–Crippen LogP) is 2.14. The van der Waals surface area contributed by atoms with Crippen molar-refractivity contribution in [2.24, 2.45) is 7.05 Å². The first kappa shape index (κ1) is 16.7. The molecule has 24 heavy (non-hydrogen) atoms. The second-order valence-electron chi connectivity index (χ2n) is 6.05. The van der Waals surface area contributed by atoms with Crippen LogP contribution in [-0.4, -0.2) is 40.1 Å². The standard InChI is InChI=1S/C17H22N4O2S/c1-18-17(23)15-7-6-14(24-15)13-4-3-9-21(13)16(22)8-5-12-10-19-20(2)11-12/h6-7,10-11,13H,3-5,8-9H2,1-2H3,(H,18,23)/t13-/m1/s1. The number of nitrogens with one attached hydrogen (secondary N) is 1. The third-order valence-corrected chi connectivity index (χ3v) is 5.55. The minimum Gasteiger partial charge on any atom is -0.354 e. The van der Waals surface area contributed by atoms with Crippen molar-refractivity contribution in [2.75, 3.05) is 13.6 Å². The summed E-state index contributed by atoms with van der Waals surface area (Å²) in [4.78, 5) is 28.1. The van der Waals surface area contributed by atoms with E-state index < -0.39 is 0 Å². The summed E-state index contributed by atoms with van der Waals surface area (Å²) in [5, 5.41) is 6.78. The number of rotatable bonds is 5. The zero-order valence-electron chi connectivity index (χ0n) is 14.0. The van der Waals surface area contributed by atoms with Gasteiger partial charge in [-0.3, -0.25) is 14.3 Å². The highest BCUT2D eigenvalue weighted by atomic mass is 32.1. The highest BCUT2D eigenvalue weighted by Crippen LogP contribution is 2.36. The fraction of sp³-hybridized carbons (Fsp3) is 0.471. The molecule has 0 aromatic carbocycles. The van der Waals surface area contributed by atoms with Gasteiger partial charge >= 0.3 is 0 Å². The molecule has 3 rings (SSSR count). The molecule has 1 atom stereocenters. The highest BCUT2D eigenvalue weighted by molar-refractivity contribution is 7.14. The van der Waals surface area contributed by atoms with Crippen molar-refractivity contribution in [2.45, 2.75) is 31.7 Å². The van der Waals surface area contributed by atoms with E-state index in [-0.39, 0.29) is 17.9 Å². The molecule has 0 aliphatic carbocycles. The summed E-state index contributed by atoms with van der Waals surface area (Å²) in [6.07, 6.45) is 6.94. The van der Waals surface area contributed by atoms with Gasteiger partial charge in [-0.2, -0.15) is 5.10 Å². The first-order valence-electron chi connectivity index (χ1n) is 8.17. The smallest absolute Gasteiger partial charge is 0.261 e. The Bertz CT molecular complexity index is 737. The number of nitrogens with zero attached hydrogens (tertiary/aromatic N) is 3. The Balaban J connectivity index is 1.65. The van der Waals surface area contributed by atoms with Crippen molar-refractivity contribution in [3.05, 3.63) is 39.8 Å². The largest absolute Gasteiger partial charge is 0.354 e. The van der Waals surface area contributed by atoms with E-state index in [1.807, 2.05) is 36.5 Å². The van der Waals surface area contributed by atoms with Crippen molar-refractivity contribution >= 4 is 23.2 Å². The molecular formula is C17H22N4O2S. The topological polar surface area (TPSA) is 67.2 Å². The fourth-order valence-corrected chi connectivity index (χ4v) is 4.24. The summed E-state index contributed by atoms with van der Waals surface area (Å²) in [7, 11) is 3.51. The predicted molar refractivity (Wildman–Crippen MR) is 92.9 cm³/mol. The summed E-state index contributed by atoms with van der Waals surface area (Å²) in [6.45, 7) is 0.795. The van der Waals surface area contributed by atoms with Crippen molar-refractivity contribution < 1.29 is 9.59 Å². The Labute approximate surface area is 145 Å². The molecule has 0 saturated carbocycles. The van der Waals surface area contributed by atoms with E-state index in [1.54, 1.807) is 11.7 Å². The summed E-state index contributed by atoms with van der Waals surface area (Å²) in [5.74, 6) is 0.106. The fourth-order valence-electron chi connectivity index (χ4n) is 3.13. The van der Waals surface area contributed by atoms with E-state index in [1.165, 1.54) is 11.3 Å². The van der Waals surface area contributed by atoms with Gasteiger partial charge in [0.1, 0.15) is 0 Å². The second-order valence-corrected chi connectivity index (χ2v) is 7.16. The third kappa shape index (κ3) is 3.51. The zero-order chi connectivity index (χ0) is 17.1. The Hall–Kier alpha value is -2.15. The zero-order valence-corrected chi connectivity index (χ0v) is 14.8. The van der Waals surface area contributed by atoms with Crippen LogP contribution in [0.25, 0.3) is 0 Å². The number of likely N-dealkylation sites (tertiary alicyclic amines) is 1. The average Bonchev–Trinajstić information content (AvgIpc) is 3.31. The van der Waals surface area contributed by atoms with Crippen molar-refractivity contribution in [1.29, 1.82) is 0 Å². The lowest BCUT2D eigenvalue weighted by atomic mass is 10.1. The lowest BCUT2D eigenvalue weighted by Crippen LogP contribution is -2.30. The molecule has 1 aliphatic rings. The van der Waals surface area contributed by atoms with Gasteiger partial charge in [0.25, 0.3) is 5.91 Å². The molecule has 128 valence electrons. The van der Waals surface area contributed by atoms with Crippen LogP contribution in [-0.2, 0) is 18.3 Å². The quantitative estimate of drug-likeness (QED) is 0.902. The maximum absolute atomic E-state index is 12.6. The molecule has 3 heterocycles. The van der Waals surface area contributed by atoms with E-state index >= 15 is 0 Å². The number of aromatic nitrogens is 2. The Morgan fingerprint density at radius 1 is 1.42 bits per heavy atom. The first-order valence-corrected chi connectivity index (χ1v) is 8.99. The summed E-state index contributed by atoms with van der Waals surface area (Å²) >= 11 is 1.48. The lowest BCUT2D eigenvalue weighted by Gasteiger charge is -2.24. The van der Waals surface area contributed by atoms with Gasteiger partial charge in [-0.15, -0.1) is 11.3 Å². The van der Waals surface area contributed by atoms with E-state index in [0.29, 0.717) is 17.7 Å². The third-order valence-electron chi connectivity index (χ3n) is 4.37. The number of hydrogen-bond donors (Lipinski definition) is 1. The van der Waals surface area contributed by atoms with Crippen LogP contribution in [0.4, 0.5) is 0 Å². The molecule has 1 fully saturated rings. The highest BCUT2D eigenvalue weighted by Gasteiger charge is 2.31. The average molecular weight is 346 g/mol. The van der Waals surface area contributed by atoms with Crippen molar-refractivity contribution in [3.8, 4) is 0 Å². The number of carbonyl (C=O) groups excluding carboxylic acids is 2. The molecule has 0 radical (unpaired) electrons. The van der Waals surface area contributed by atoms with Crippen LogP contribution >= 0.6 is 11.3 Å². The van der Waals surface area contributed by atoms with Gasteiger partial charge in [0, 0.05) is 38.1 Å². The van der Waals surface area contributed by atoms with Gasteiger partial charge in [0.15, 0.2) is 0 Å². The summed E-state index contributed by atoms with van der Waals surface area (Å²) < 4.78 is 1.75. The molecule has 1 saturated heterocycles. The van der Waals surface area contributed by atoms with E-state index in [4.69, 9.17) is 0 Å². The van der Waals surface area contributed by atoms with Gasteiger partial charge in [0.2, 0.25) is 5.91 Å². The Morgan fingerprint density at radius 3 is 2.96 bits per heavy atom. The molecule has 0 spiro atoms. The van der Waals surface area contributed by atoms with E-state index in [0.717, 1.165) is 29.8 Å². The van der Waals surface area contributed by atoms with Crippen LogP contribution in [0.15, 0.2) is 24.5 Å². The maximum Gasteiger partial charge on any atom is 0.261 e. The van der Waals surface area contributed by atoms with Gasteiger partial charge in [-0.05, 0) is 37.0 Å². The molecule has 0 unspecified atom stereocenters. The van der Waals surface area contributed by atoms with E-state index in [2.05, 4.69) is 10.4 Å². The minimum absolute atomic E-state index is 0.0706. The van der Waals surface area contributed by atoms with Crippen LogP contribution in [0.2, 0.25) is 0 Å². The van der Waals surface area contributed by atoms with Gasteiger partial charge in [-0.1, -0.05) is 0 Å². The van der Waals surface area contributed by atoms with Gasteiger partial charge in [0.05, 0.1) is 17.1 Å². The van der Waals surface area contributed by atoms with Crippen LogP contribution in [0.3, 0.4) is 0 Å². The first-order chi connectivity index (χ1) is 11.6. The Kier molecular flexibility index (Phi) is 4.99. The minimum atomic E-state index is -0.0706. The molecule has 6 nitrogen and oxygen atoms in total. The van der Waals surface area contributed by atoms with Gasteiger partial charge < -0.3 is 10.2 Å². The van der Waals surface area contributed by atoms with Crippen molar-refractivity contribution in [3.63, 3.8) is 0 Å². The summed E-state index contributed by atoms with van der Waals surface area (Å²) in [5.41, 5.74) is 1.08. The number of aryl methyl sites for hydroxylation is 2. The second kappa shape index (κ2) is 7.17. The molecule has 2 aromatic rings.